The number of allylic oxidation sites excluding steroid dienone is 1. The van der Waals surface area contributed by atoms with Gasteiger partial charge in [-0.2, -0.15) is 0 Å². The second-order valence-electron chi connectivity index (χ2n) is 11.8. The zero-order valence-electron chi connectivity index (χ0n) is 24.6. The fourth-order valence-corrected chi connectivity index (χ4v) is 6.96. The molecular weight excluding hydrogens is 562 g/mol. The fourth-order valence-electron chi connectivity index (χ4n) is 6.96. The number of cyclic esters (lactones) is 1. The number of benzene rings is 2. The molecule has 230 valence electrons. The quantitative estimate of drug-likeness (QED) is 0.399. The summed E-state index contributed by atoms with van der Waals surface area (Å²) in [5.41, 5.74) is 0.102. The molecule has 1 spiro atoms. The van der Waals surface area contributed by atoms with Crippen molar-refractivity contribution in [3.63, 3.8) is 0 Å². The molecule has 4 aliphatic rings. The maximum absolute atomic E-state index is 14.7. The molecule has 0 radical (unpaired) electrons. The highest BCUT2D eigenvalue weighted by Crippen LogP contribution is 2.55. The van der Waals surface area contributed by atoms with Crippen molar-refractivity contribution in [2.75, 3.05) is 19.7 Å². The number of amides is 3. The SMILES string of the molecule is C[C@H]1CNC(=O)CC/C=C\[C@@H]2O[C@@]34C=CCN(Cc5ccccc5)C(=O)[C@@H]3N([C@H](CO)c3ccccc3)C(=O)[C@H]4[C@@H]2C(=O)O1. The lowest BCUT2D eigenvalue weighted by Crippen LogP contribution is -2.56. The summed E-state index contributed by atoms with van der Waals surface area (Å²) in [7, 11) is 0. The summed E-state index contributed by atoms with van der Waals surface area (Å²) in [4.78, 5) is 58.5. The molecule has 0 bridgehead atoms. The predicted octanol–water partition coefficient (Wildman–Crippen LogP) is 2.30. The summed E-state index contributed by atoms with van der Waals surface area (Å²) in [6.45, 7) is 1.98. The maximum Gasteiger partial charge on any atom is 0.313 e. The summed E-state index contributed by atoms with van der Waals surface area (Å²) in [5.74, 6) is -3.70. The Morgan fingerprint density at radius 1 is 1.00 bits per heavy atom. The number of esters is 1. The number of hydrogen-bond acceptors (Lipinski definition) is 7. The molecule has 2 aromatic rings. The number of aliphatic hydroxyl groups is 1. The summed E-state index contributed by atoms with van der Waals surface area (Å²) >= 11 is 0. The van der Waals surface area contributed by atoms with E-state index in [0.717, 1.165) is 5.56 Å². The lowest BCUT2D eigenvalue weighted by molar-refractivity contribution is -0.159. The smallest absolute Gasteiger partial charge is 0.313 e. The van der Waals surface area contributed by atoms with E-state index in [0.29, 0.717) is 18.5 Å². The van der Waals surface area contributed by atoms with E-state index in [1.807, 2.05) is 54.6 Å². The number of nitrogens with one attached hydrogen (secondary N) is 1. The topological polar surface area (TPSA) is 125 Å². The van der Waals surface area contributed by atoms with E-state index >= 15 is 0 Å². The molecule has 0 saturated carbocycles. The number of carbonyl (C=O) groups is 4. The van der Waals surface area contributed by atoms with E-state index in [4.69, 9.17) is 9.47 Å². The van der Waals surface area contributed by atoms with Crippen LogP contribution in [-0.4, -0.2) is 82.1 Å². The summed E-state index contributed by atoms with van der Waals surface area (Å²) in [5, 5.41) is 13.5. The minimum absolute atomic E-state index is 0.137. The van der Waals surface area contributed by atoms with E-state index in [1.165, 1.54) is 4.90 Å². The lowest BCUT2D eigenvalue weighted by Gasteiger charge is -2.38. The Morgan fingerprint density at radius 3 is 2.45 bits per heavy atom. The number of rotatable bonds is 5. The number of hydrogen-bond donors (Lipinski definition) is 2. The molecule has 2 saturated heterocycles. The molecule has 0 aromatic heterocycles. The minimum atomic E-state index is -1.49. The van der Waals surface area contributed by atoms with Gasteiger partial charge in [0.15, 0.2) is 0 Å². The monoisotopic (exact) mass is 599 g/mol. The van der Waals surface area contributed by atoms with Gasteiger partial charge < -0.3 is 29.7 Å². The third kappa shape index (κ3) is 5.33. The molecule has 7 atom stereocenters. The Hall–Kier alpha value is -4.28. The van der Waals surface area contributed by atoms with Crippen molar-refractivity contribution in [2.24, 2.45) is 11.8 Å². The van der Waals surface area contributed by atoms with Crippen LogP contribution in [0.1, 0.15) is 36.9 Å². The summed E-state index contributed by atoms with van der Waals surface area (Å²) in [6, 6.07) is 16.7. The molecule has 44 heavy (non-hydrogen) atoms. The van der Waals surface area contributed by atoms with Crippen LogP contribution in [0.15, 0.2) is 85.0 Å². The average molecular weight is 600 g/mol. The van der Waals surface area contributed by atoms with Gasteiger partial charge >= 0.3 is 5.97 Å². The van der Waals surface area contributed by atoms with Crippen LogP contribution in [-0.2, 0) is 35.2 Å². The first-order chi connectivity index (χ1) is 21.3. The van der Waals surface area contributed by atoms with Crippen LogP contribution in [0.5, 0.6) is 0 Å². The average Bonchev–Trinajstić information content (AvgIpc) is 3.42. The van der Waals surface area contributed by atoms with Crippen molar-refractivity contribution < 1.29 is 33.8 Å². The highest BCUT2D eigenvalue weighted by molar-refractivity contribution is 5.99. The number of nitrogens with zero attached hydrogens (tertiary/aromatic N) is 2. The van der Waals surface area contributed by atoms with Gasteiger partial charge in [0.25, 0.3) is 0 Å². The zero-order valence-corrected chi connectivity index (χ0v) is 24.6. The van der Waals surface area contributed by atoms with Crippen molar-refractivity contribution >= 4 is 23.7 Å². The van der Waals surface area contributed by atoms with Gasteiger partial charge in [0.2, 0.25) is 17.7 Å². The van der Waals surface area contributed by atoms with E-state index in [1.54, 1.807) is 42.2 Å². The van der Waals surface area contributed by atoms with Crippen molar-refractivity contribution in [3.05, 3.63) is 96.1 Å². The van der Waals surface area contributed by atoms with Gasteiger partial charge in [0.1, 0.15) is 23.7 Å². The van der Waals surface area contributed by atoms with Gasteiger partial charge in [0.05, 0.1) is 31.2 Å². The summed E-state index contributed by atoms with van der Waals surface area (Å²) < 4.78 is 12.5. The molecule has 10 heteroatoms. The normalized spacial score (nSPS) is 31.9. The Labute approximate surface area is 256 Å². The van der Waals surface area contributed by atoms with Gasteiger partial charge in [-0.1, -0.05) is 85.0 Å². The highest BCUT2D eigenvalue weighted by Gasteiger charge is 2.72. The number of ether oxygens (including phenoxy) is 2. The third-order valence-corrected chi connectivity index (χ3v) is 8.96. The van der Waals surface area contributed by atoms with E-state index < -0.39 is 60.2 Å². The molecular formula is C34H37N3O7. The lowest BCUT2D eigenvalue weighted by atomic mass is 9.78. The molecule has 0 unspecified atom stereocenters. The molecule has 0 aliphatic carbocycles. The Balaban J connectivity index is 1.46. The van der Waals surface area contributed by atoms with Crippen LogP contribution < -0.4 is 5.32 Å². The van der Waals surface area contributed by atoms with Crippen LogP contribution in [0.25, 0.3) is 0 Å². The highest BCUT2D eigenvalue weighted by atomic mass is 16.6. The minimum Gasteiger partial charge on any atom is -0.460 e. The molecule has 2 fully saturated rings. The standard InChI is InChI=1S/C34H37N3O7/c1-22-19-35-27(39)16-9-8-15-26-28(33(42)43-22)29-31(40)37(25(21-38)24-13-6-3-7-14-24)30-32(41)36(18-10-17-34(29,30)44-26)20-23-11-4-2-5-12-23/h2-8,10-15,17,22,25-26,28-30,38H,9,16,18-21H2,1H3,(H,35,39)/b15-8-/t22-,25+,26-,28+,29+,30-,34+/m0/s1. The Kier molecular flexibility index (Phi) is 8.38. The third-order valence-electron chi connectivity index (χ3n) is 8.96. The largest absolute Gasteiger partial charge is 0.460 e. The number of fused-ring (bicyclic) bond motifs is 2. The van der Waals surface area contributed by atoms with Crippen LogP contribution in [0.2, 0.25) is 0 Å². The number of aliphatic hydroxyl groups excluding tert-OH is 1. The van der Waals surface area contributed by atoms with Gasteiger partial charge in [-0.25, -0.2) is 0 Å². The molecule has 10 nitrogen and oxygen atoms in total. The maximum atomic E-state index is 14.7. The Morgan fingerprint density at radius 2 is 1.73 bits per heavy atom. The molecule has 2 aromatic carbocycles. The van der Waals surface area contributed by atoms with Crippen molar-refractivity contribution in [2.45, 2.75) is 56.2 Å². The first-order valence-electron chi connectivity index (χ1n) is 15.1. The number of carbonyl (C=O) groups excluding carboxylic acids is 4. The molecule has 4 aliphatic heterocycles. The van der Waals surface area contributed by atoms with Gasteiger partial charge in [-0.3, -0.25) is 19.2 Å². The zero-order chi connectivity index (χ0) is 30.8. The molecule has 2 N–H and O–H groups in total. The molecule has 6 rings (SSSR count). The summed E-state index contributed by atoms with van der Waals surface area (Å²) in [6.07, 6.45) is 6.24. The fraction of sp³-hybridized carbons (Fsp3) is 0.412. The Bertz CT molecular complexity index is 1460. The van der Waals surface area contributed by atoms with Crippen molar-refractivity contribution in [3.8, 4) is 0 Å². The molecule has 4 heterocycles. The number of likely N-dealkylation sites (tertiary alicyclic amines) is 1. The molecule has 3 amide bonds. The van der Waals surface area contributed by atoms with Crippen LogP contribution >= 0.6 is 0 Å². The van der Waals surface area contributed by atoms with Gasteiger partial charge in [-0.15, -0.1) is 0 Å². The van der Waals surface area contributed by atoms with E-state index in [9.17, 15) is 24.3 Å². The van der Waals surface area contributed by atoms with Gasteiger partial charge in [0, 0.05) is 19.5 Å². The second-order valence-corrected chi connectivity index (χ2v) is 11.8. The first-order valence-corrected chi connectivity index (χ1v) is 15.1. The van der Waals surface area contributed by atoms with Gasteiger partial charge in [-0.05, 0) is 24.5 Å². The van der Waals surface area contributed by atoms with Crippen molar-refractivity contribution in [1.29, 1.82) is 0 Å². The van der Waals surface area contributed by atoms with Crippen LogP contribution in [0, 0.1) is 11.8 Å². The van der Waals surface area contributed by atoms with Crippen LogP contribution in [0.4, 0.5) is 0 Å². The van der Waals surface area contributed by atoms with E-state index in [-0.39, 0.29) is 31.3 Å². The van der Waals surface area contributed by atoms with Crippen LogP contribution in [0.3, 0.4) is 0 Å². The van der Waals surface area contributed by atoms with Crippen molar-refractivity contribution in [1.82, 2.24) is 15.1 Å². The second kappa shape index (κ2) is 12.4. The predicted molar refractivity (Wildman–Crippen MR) is 159 cm³/mol. The first kappa shape index (κ1) is 29.8. The van der Waals surface area contributed by atoms with E-state index in [2.05, 4.69) is 5.32 Å².